The lowest BCUT2D eigenvalue weighted by molar-refractivity contribution is 0.660. The normalized spacial score (nSPS) is 11.9. The van der Waals surface area contributed by atoms with E-state index in [1.165, 1.54) is 0 Å². The lowest BCUT2D eigenvalue weighted by Crippen LogP contribution is -2.16. The third kappa shape index (κ3) is 3.83. The highest BCUT2D eigenvalue weighted by atomic mass is 35.5. The Kier molecular flexibility index (Phi) is 6.56. The molecule has 0 saturated carbocycles. The Labute approximate surface area is 217 Å². The van der Waals surface area contributed by atoms with Gasteiger partial charge >= 0.3 is 0 Å². The van der Waals surface area contributed by atoms with Crippen molar-refractivity contribution in [2.75, 3.05) is 0 Å². The summed E-state index contributed by atoms with van der Waals surface area (Å²) in [5.41, 5.74) is 2.42. The second-order valence-electron chi connectivity index (χ2n) is 8.94. The van der Waals surface area contributed by atoms with Crippen molar-refractivity contribution in [3.63, 3.8) is 0 Å². The summed E-state index contributed by atoms with van der Waals surface area (Å²) in [6.45, 7) is 5.56. The van der Waals surface area contributed by atoms with Gasteiger partial charge in [-0.2, -0.15) is 0 Å². The quantitative estimate of drug-likeness (QED) is 0.209. The predicted molar refractivity (Wildman–Crippen MR) is 150 cm³/mol. The van der Waals surface area contributed by atoms with E-state index in [0.29, 0.717) is 71.8 Å². The standard InChI is InChI=1S/C28H25Cl3N2O2/c1-3-5-12-32-22-15-18-23(14-17(22)27(34)16-8-7-9-20(30)25(16)32)33(13-6-4-2)26-21(31)11-10-19(29)24(26)28(18)35/h7-11,14-15H,3-6,12-13H2,1-2H3. The number of unbranched alkanes of at least 4 members (excludes halogenated alkanes) is 2. The first-order valence-corrected chi connectivity index (χ1v) is 13.1. The fourth-order valence-corrected chi connectivity index (χ4v) is 5.77. The van der Waals surface area contributed by atoms with Crippen molar-refractivity contribution in [3.05, 3.63) is 78.0 Å². The zero-order valence-electron chi connectivity index (χ0n) is 19.6. The van der Waals surface area contributed by atoms with E-state index in [1.807, 2.05) is 22.8 Å². The monoisotopic (exact) mass is 526 g/mol. The molecule has 0 spiro atoms. The number of aromatic nitrogens is 2. The molecule has 2 heterocycles. The Morgan fingerprint density at radius 2 is 1.20 bits per heavy atom. The number of halogens is 3. The van der Waals surface area contributed by atoms with E-state index in [1.54, 1.807) is 24.3 Å². The second-order valence-corrected chi connectivity index (χ2v) is 10.2. The molecule has 5 rings (SSSR count). The molecule has 0 N–H and O–H groups in total. The molecule has 0 radical (unpaired) electrons. The fourth-order valence-electron chi connectivity index (χ4n) is 5.00. The number of hydrogen-bond acceptors (Lipinski definition) is 2. The van der Waals surface area contributed by atoms with Crippen LogP contribution in [0.25, 0.3) is 43.6 Å². The molecule has 0 aliphatic heterocycles. The van der Waals surface area contributed by atoms with Crippen molar-refractivity contribution < 1.29 is 0 Å². The van der Waals surface area contributed by atoms with Gasteiger partial charge in [-0.3, -0.25) is 9.59 Å². The van der Waals surface area contributed by atoms with Crippen LogP contribution in [-0.4, -0.2) is 9.13 Å². The van der Waals surface area contributed by atoms with Crippen molar-refractivity contribution in [1.29, 1.82) is 0 Å². The Morgan fingerprint density at radius 1 is 0.657 bits per heavy atom. The van der Waals surface area contributed by atoms with E-state index in [0.717, 1.165) is 25.7 Å². The molecule has 0 atom stereocenters. The third-order valence-corrected chi connectivity index (χ3v) is 7.66. The van der Waals surface area contributed by atoms with Gasteiger partial charge in [0.25, 0.3) is 0 Å². The van der Waals surface area contributed by atoms with Crippen LogP contribution in [0.2, 0.25) is 15.1 Å². The fraction of sp³-hybridized carbons (Fsp3) is 0.286. The van der Waals surface area contributed by atoms with Crippen molar-refractivity contribution in [1.82, 2.24) is 9.13 Å². The molecule has 3 aromatic carbocycles. The first kappa shape index (κ1) is 24.2. The maximum Gasteiger partial charge on any atom is 0.198 e. The van der Waals surface area contributed by atoms with Crippen molar-refractivity contribution >= 4 is 78.4 Å². The molecule has 0 aliphatic rings. The van der Waals surface area contributed by atoms with Gasteiger partial charge in [-0.25, -0.2) is 0 Å². The highest BCUT2D eigenvalue weighted by molar-refractivity contribution is 6.40. The summed E-state index contributed by atoms with van der Waals surface area (Å²) in [5, 5.41) is 3.41. The van der Waals surface area contributed by atoms with Crippen LogP contribution in [0.5, 0.6) is 0 Å². The number of nitrogens with zero attached hydrogens (tertiary/aromatic N) is 2. The largest absolute Gasteiger partial charge is 0.339 e. The van der Waals surface area contributed by atoms with Crippen LogP contribution in [0, 0.1) is 0 Å². The summed E-state index contributed by atoms with van der Waals surface area (Å²) in [4.78, 5) is 27.5. The molecule has 180 valence electrons. The van der Waals surface area contributed by atoms with Gasteiger partial charge in [0.1, 0.15) is 0 Å². The summed E-state index contributed by atoms with van der Waals surface area (Å²) in [6.07, 6.45) is 3.75. The third-order valence-electron chi connectivity index (χ3n) is 6.73. The molecule has 0 fully saturated rings. The first-order chi connectivity index (χ1) is 16.9. The molecule has 0 aliphatic carbocycles. The van der Waals surface area contributed by atoms with E-state index in [4.69, 9.17) is 34.8 Å². The number of aryl methyl sites for hydroxylation is 2. The lowest BCUT2D eigenvalue weighted by Gasteiger charge is -2.20. The average molecular weight is 528 g/mol. The zero-order valence-corrected chi connectivity index (χ0v) is 21.9. The molecule has 4 nitrogen and oxygen atoms in total. The molecular weight excluding hydrogens is 503 g/mol. The van der Waals surface area contributed by atoms with Gasteiger partial charge in [-0.05, 0) is 49.2 Å². The van der Waals surface area contributed by atoms with Crippen LogP contribution in [0.4, 0.5) is 0 Å². The molecule has 7 heteroatoms. The summed E-state index contributed by atoms with van der Waals surface area (Å²) in [6, 6.07) is 12.5. The van der Waals surface area contributed by atoms with Gasteiger partial charge in [0, 0.05) is 29.2 Å². The second kappa shape index (κ2) is 9.50. The summed E-state index contributed by atoms with van der Waals surface area (Å²) >= 11 is 19.8. The average Bonchev–Trinajstić information content (AvgIpc) is 2.85. The number of fused-ring (bicyclic) bond motifs is 4. The Bertz CT molecular complexity index is 1750. The van der Waals surface area contributed by atoms with Crippen LogP contribution >= 0.6 is 34.8 Å². The maximum atomic E-state index is 13.8. The smallest absolute Gasteiger partial charge is 0.198 e. The zero-order chi connectivity index (χ0) is 24.9. The van der Waals surface area contributed by atoms with Gasteiger partial charge in [-0.15, -0.1) is 0 Å². The van der Waals surface area contributed by atoms with Crippen LogP contribution in [0.15, 0.2) is 52.1 Å². The maximum absolute atomic E-state index is 13.8. The number of para-hydroxylation sites is 1. The van der Waals surface area contributed by atoms with Gasteiger partial charge in [-0.1, -0.05) is 67.6 Å². The van der Waals surface area contributed by atoms with Crippen molar-refractivity contribution in [3.8, 4) is 0 Å². The van der Waals surface area contributed by atoms with Gasteiger partial charge in [0.05, 0.1) is 42.5 Å². The summed E-state index contributed by atoms with van der Waals surface area (Å²) in [7, 11) is 0. The van der Waals surface area contributed by atoms with E-state index in [2.05, 4.69) is 18.4 Å². The summed E-state index contributed by atoms with van der Waals surface area (Å²) in [5.74, 6) is 0. The van der Waals surface area contributed by atoms with Crippen molar-refractivity contribution in [2.45, 2.75) is 52.6 Å². The van der Waals surface area contributed by atoms with E-state index in [9.17, 15) is 9.59 Å². The molecule has 5 aromatic rings. The number of rotatable bonds is 6. The van der Waals surface area contributed by atoms with Gasteiger partial charge < -0.3 is 9.13 Å². The van der Waals surface area contributed by atoms with Crippen LogP contribution in [0.3, 0.4) is 0 Å². The minimum atomic E-state index is -0.189. The molecule has 0 amide bonds. The molecule has 2 aromatic heterocycles. The van der Waals surface area contributed by atoms with Gasteiger partial charge in [0.2, 0.25) is 0 Å². The van der Waals surface area contributed by atoms with E-state index in [-0.39, 0.29) is 10.9 Å². The predicted octanol–water partition coefficient (Wildman–Crippen LogP) is 8.18. The number of hydrogen-bond donors (Lipinski definition) is 0. The molecule has 0 bridgehead atoms. The Morgan fingerprint density at radius 3 is 1.83 bits per heavy atom. The highest BCUT2D eigenvalue weighted by Gasteiger charge is 2.20. The SMILES string of the molecule is CCCCn1c2cc3c(=O)c4c(Cl)ccc(Cl)c4n(CCCC)c3cc2c(=O)c2cccc(Cl)c21. The van der Waals surface area contributed by atoms with E-state index < -0.39 is 0 Å². The Hall–Kier alpha value is -2.53. The highest BCUT2D eigenvalue weighted by Crippen LogP contribution is 2.33. The Balaban J connectivity index is 2.05. The molecule has 35 heavy (non-hydrogen) atoms. The molecule has 0 saturated heterocycles. The minimum Gasteiger partial charge on any atom is -0.339 e. The minimum absolute atomic E-state index is 0.0982. The van der Waals surface area contributed by atoms with Crippen LogP contribution < -0.4 is 10.9 Å². The van der Waals surface area contributed by atoms with Gasteiger partial charge in [0.15, 0.2) is 10.9 Å². The topological polar surface area (TPSA) is 44.0 Å². The molecular formula is C28H25Cl3N2O2. The summed E-state index contributed by atoms with van der Waals surface area (Å²) < 4.78 is 4.12. The van der Waals surface area contributed by atoms with E-state index >= 15 is 0 Å². The number of benzene rings is 3. The van der Waals surface area contributed by atoms with Crippen molar-refractivity contribution in [2.24, 2.45) is 0 Å². The first-order valence-electron chi connectivity index (χ1n) is 12.0. The number of pyridine rings is 2. The lowest BCUT2D eigenvalue weighted by atomic mass is 10.0. The molecule has 0 unspecified atom stereocenters. The van der Waals surface area contributed by atoms with Crippen LogP contribution in [0.1, 0.15) is 39.5 Å². The van der Waals surface area contributed by atoms with Crippen LogP contribution in [-0.2, 0) is 13.1 Å².